The molecule has 2 aromatic heterocycles. The van der Waals surface area contributed by atoms with E-state index in [4.69, 9.17) is 9.15 Å². The summed E-state index contributed by atoms with van der Waals surface area (Å²) in [6, 6.07) is 7.00. The average molecular weight is 483 g/mol. The molecular formula is C22H17N3O8S. The minimum Gasteiger partial charge on any atom is -0.503 e. The second-order valence-corrected chi connectivity index (χ2v) is 8.31. The summed E-state index contributed by atoms with van der Waals surface area (Å²) < 4.78 is 10.1. The van der Waals surface area contributed by atoms with E-state index >= 15 is 0 Å². The van der Waals surface area contributed by atoms with E-state index in [-0.39, 0.29) is 27.0 Å². The van der Waals surface area contributed by atoms with Crippen LogP contribution in [0, 0.1) is 24.0 Å². The quantitative estimate of drug-likeness (QED) is 0.238. The molecule has 3 aromatic rings. The van der Waals surface area contributed by atoms with E-state index in [1.807, 2.05) is 0 Å². The molecule has 34 heavy (non-hydrogen) atoms. The molecule has 0 radical (unpaired) electrons. The maximum absolute atomic E-state index is 13.3. The summed E-state index contributed by atoms with van der Waals surface area (Å²) in [5.41, 5.74) is 0.131. The van der Waals surface area contributed by atoms with E-state index in [0.29, 0.717) is 17.0 Å². The number of methoxy groups -OCH3 is 1. The Balaban J connectivity index is 1.87. The Morgan fingerprint density at radius 2 is 1.88 bits per heavy atom. The number of Topliss-reactive ketones (excluding diaryl/α,β-unsaturated/α-hetero) is 1. The van der Waals surface area contributed by atoms with Gasteiger partial charge in [-0.05, 0) is 43.7 Å². The van der Waals surface area contributed by atoms with Gasteiger partial charge in [0.25, 0.3) is 11.6 Å². The van der Waals surface area contributed by atoms with Crippen LogP contribution in [0.15, 0.2) is 52.1 Å². The summed E-state index contributed by atoms with van der Waals surface area (Å²) in [6.45, 7) is 3.19. The third-order valence-electron chi connectivity index (χ3n) is 5.20. The molecule has 1 N–H and O–H groups in total. The van der Waals surface area contributed by atoms with Gasteiger partial charge in [-0.25, -0.2) is 9.78 Å². The number of benzene rings is 1. The van der Waals surface area contributed by atoms with Gasteiger partial charge in [-0.15, -0.1) is 0 Å². The second-order valence-electron chi connectivity index (χ2n) is 7.33. The van der Waals surface area contributed by atoms with E-state index in [0.717, 1.165) is 16.2 Å². The van der Waals surface area contributed by atoms with E-state index in [1.54, 1.807) is 19.9 Å². The fraction of sp³-hybridized carbons (Fsp3) is 0.182. The Morgan fingerprint density at radius 1 is 1.21 bits per heavy atom. The van der Waals surface area contributed by atoms with Crippen LogP contribution in [0.25, 0.3) is 0 Å². The molecule has 1 aliphatic heterocycles. The molecule has 1 atom stereocenters. The number of nitro benzene ring substituents is 1. The molecule has 1 aliphatic rings. The lowest BCUT2D eigenvalue weighted by molar-refractivity contribution is -0.384. The standard InChI is InChI=1S/C22H17N3O8S/c1-10-4-9-14(33-10)17(26)15-16(12-5-7-13(8-6-12)25(30)31)24(20(28)18(15)27)22-23-11(2)19(34-22)21(29)32-3/h4-9,16,27H,1-3H3/t16-/m1/s1. The fourth-order valence-electron chi connectivity index (χ4n) is 3.58. The number of nitro groups is 1. The van der Waals surface area contributed by atoms with Gasteiger partial charge in [-0.3, -0.25) is 24.6 Å². The van der Waals surface area contributed by atoms with Crippen molar-refractivity contribution in [3.05, 3.63) is 85.5 Å². The van der Waals surface area contributed by atoms with Crippen LogP contribution >= 0.6 is 11.3 Å². The van der Waals surface area contributed by atoms with Crippen molar-refractivity contribution < 1.29 is 33.6 Å². The molecular weight excluding hydrogens is 466 g/mol. The Morgan fingerprint density at radius 3 is 2.44 bits per heavy atom. The SMILES string of the molecule is COC(=O)c1sc(N2C(=O)C(O)=C(C(=O)c3ccc(C)o3)[C@H]2c2ccc([N+](=O)[O-])cc2)nc1C. The second kappa shape index (κ2) is 8.56. The normalized spacial score (nSPS) is 15.7. The molecule has 11 nitrogen and oxygen atoms in total. The Bertz CT molecular complexity index is 1370. The molecule has 1 amide bonds. The molecule has 0 unspecified atom stereocenters. The number of aryl methyl sites for hydroxylation is 2. The maximum Gasteiger partial charge on any atom is 0.350 e. The van der Waals surface area contributed by atoms with Crippen LogP contribution in [0.4, 0.5) is 10.8 Å². The molecule has 174 valence electrons. The number of amides is 1. The van der Waals surface area contributed by atoms with Gasteiger partial charge in [-0.1, -0.05) is 11.3 Å². The first-order valence-corrected chi connectivity index (χ1v) is 10.6. The Labute approximate surface area is 196 Å². The van der Waals surface area contributed by atoms with Crippen molar-refractivity contribution in [3.8, 4) is 0 Å². The number of nitrogens with zero attached hydrogens (tertiary/aromatic N) is 3. The number of hydrogen-bond donors (Lipinski definition) is 1. The molecule has 4 rings (SSSR count). The smallest absolute Gasteiger partial charge is 0.350 e. The average Bonchev–Trinajstić information content (AvgIpc) is 3.49. The minimum absolute atomic E-state index is 0.0382. The summed E-state index contributed by atoms with van der Waals surface area (Å²) >= 11 is 0.854. The minimum atomic E-state index is -1.18. The highest BCUT2D eigenvalue weighted by Crippen LogP contribution is 2.44. The molecule has 1 aromatic carbocycles. The van der Waals surface area contributed by atoms with Crippen LogP contribution < -0.4 is 4.90 Å². The van der Waals surface area contributed by atoms with E-state index in [1.165, 1.54) is 37.4 Å². The molecule has 0 aliphatic carbocycles. The number of carbonyl (C=O) groups is 3. The summed E-state index contributed by atoms with van der Waals surface area (Å²) in [6.07, 6.45) is 0. The Kier molecular flexibility index (Phi) is 5.75. The van der Waals surface area contributed by atoms with Gasteiger partial charge < -0.3 is 14.3 Å². The molecule has 0 saturated carbocycles. The first kappa shape index (κ1) is 22.9. The number of ketones is 1. The number of aromatic nitrogens is 1. The van der Waals surface area contributed by atoms with Gasteiger partial charge in [0.15, 0.2) is 16.7 Å². The lowest BCUT2D eigenvalue weighted by Crippen LogP contribution is -2.31. The highest BCUT2D eigenvalue weighted by atomic mass is 32.1. The summed E-state index contributed by atoms with van der Waals surface area (Å²) in [5, 5.41) is 21.9. The largest absolute Gasteiger partial charge is 0.503 e. The molecule has 12 heteroatoms. The topological polar surface area (TPSA) is 153 Å². The Hall–Kier alpha value is -4.32. The zero-order valence-electron chi connectivity index (χ0n) is 18.1. The van der Waals surface area contributed by atoms with E-state index in [9.17, 15) is 29.6 Å². The third-order valence-corrected chi connectivity index (χ3v) is 6.34. The number of anilines is 1. The van der Waals surface area contributed by atoms with Gasteiger partial charge in [-0.2, -0.15) is 0 Å². The van der Waals surface area contributed by atoms with Crippen LogP contribution in [0.2, 0.25) is 0 Å². The molecule has 0 saturated heterocycles. The zero-order valence-corrected chi connectivity index (χ0v) is 18.9. The summed E-state index contributed by atoms with van der Waals surface area (Å²) in [4.78, 5) is 54.5. The predicted octanol–water partition coefficient (Wildman–Crippen LogP) is 3.83. The van der Waals surface area contributed by atoms with Gasteiger partial charge in [0.1, 0.15) is 10.6 Å². The number of furan rings is 1. The highest BCUT2D eigenvalue weighted by molar-refractivity contribution is 7.17. The zero-order chi connectivity index (χ0) is 24.7. The number of hydrogen-bond acceptors (Lipinski definition) is 10. The van der Waals surface area contributed by atoms with Crippen LogP contribution in [-0.2, 0) is 9.53 Å². The van der Waals surface area contributed by atoms with Crippen LogP contribution in [0.1, 0.15) is 43.3 Å². The number of aliphatic hydroxyl groups is 1. The molecule has 0 fully saturated rings. The highest BCUT2D eigenvalue weighted by Gasteiger charge is 2.47. The first-order valence-electron chi connectivity index (χ1n) is 9.82. The first-order chi connectivity index (χ1) is 16.1. The van der Waals surface area contributed by atoms with E-state index < -0.39 is 34.4 Å². The molecule has 0 bridgehead atoms. The number of aliphatic hydroxyl groups excluding tert-OH is 1. The summed E-state index contributed by atoms with van der Waals surface area (Å²) in [5.74, 6) is -2.75. The fourth-order valence-corrected chi connectivity index (χ4v) is 4.60. The predicted molar refractivity (Wildman–Crippen MR) is 119 cm³/mol. The molecule has 0 spiro atoms. The third kappa shape index (κ3) is 3.73. The maximum atomic E-state index is 13.3. The molecule has 3 heterocycles. The van der Waals surface area contributed by atoms with Crippen molar-refractivity contribution >= 4 is 39.8 Å². The van der Waals surface area contributed by atoms with Crippen LogP contribution in [0.3, 0.4) is 0 Å². The van der Waals surface area contributed by atoms with Crippen molar-refractivity contribution in [1.82, 2.24) is 4.98 Å². The van der Waals surface area contributed by atoms with Gasteiger partial charge in [0.2, 0.25) is 5.78 Å². The number of carbonyl (C=O) groups excluding carboxylic acids is 3. The van der Waals surface area contributed by atoms with Crippen LogP contribution in [0.5, 0.6) is 0 Å². The van der Waals surface area contributed by atoms with Gasteiger partial charge in [0, 0.05) is 12.1 Å². The van der Waals surface area contributed by atoms with Crippen molar-refractivity contribution in [1.29, 1.82) is 0 Å². The van der Waals surface area contributed by atoms with Gasteiger partial charge >= 0.3 is 5.97 Å². The number of thiazole rings is 1. The van der Waals surface area contributed by atoms with Crippen molar-refractivity contribution in [3.63, 3.8) is 0 Å². The van der Waals surface area contributed by atoms with E-state index in [2.05, 4.69) is 4.98 Å². The number of rotatable bonds is 6. The van der Waals surface area contributed by atoms with Gasteiger partial charge in [0.05, 0.1) is 29.3 Å². The van der Waals surface area contributed by atoms with Crippen LogP contribution in [-0.4, -0.2) is 39.8 Å². The van der Waals surface area contributed by atoms with Crippen molar-refractivity contribution in [2.24, 2.45) is 0 Å². The number of non-ortho nitro benzene ring substituents is 1. The number of ether oxygens (including phenoxy) is 1. The van der Waals surface area contributed by atoms with Crippen molar-refractivity contribution in [2.75, 3.05) is 12.0 Å². The monoisotopic (exact) mass is 483 g/mol. The lowest BCUT2D eigenvalue weighted by atomic mass is 9.95. The lowest BCUT2D eigenvalue weighted by Gasteiger charge is -2.24. The number of esters is 1. The summed E-state index contributed by atoms with van der Waals surface area (Å²) in [7, 11) is 1.21. The van der Waals surface area contributed by atoms with Crippen molar-refractivity contribution in [2.45, 2.75) is 19.9 Å².